The topological polar surface area (TPSA) is 35.0 Å². The average Bonchev–Trinajstić information content (AvgIpc) is 2.77. The van der Waals surface area contributed by atoms with Crippen molar-refractivity contribution >= 4 is 33.2 Å². The largest absolute Gasteiger partial charge is 0.477 e. The molecular weight excluding hydrogens is 268 g/mol. The molecular formula is C13H17ClN2OS. The van der Waals surface area contributed by atoms with Gasteiger partial charge in [0.2, 0.25) is 11.2 Å². The van der Waals surface area contributed by atoms with Crippen molar-refractivity contribution in [2.24, 2.45) is 0 Å². The number of ether oxygens (including phenoxy) is 1. The Labute approximate surface area is 116 Å². The van der Waals surface area contributed by atoms with Gasteiger partial charge in [0.1, 0.15) is 4.83 Å². The van der Waals surface area contributed by atoms with Gasteiger partial charge in [-0.2, -0.15) is 4.98 Å². The van der Waals surface area contributed by atoms with Crippen molar-refractivity contribution in [2.45, 2.75) is 39.5 Å². The smallest absolute Gasteiger partial charge is 0.227 e. The quantitative estimate of drug-likeness (QED) is 0.580. The Hall–Kier alpha value is -0.870. The van der Waals surface area contributed by atoms with Gasteiger partial charge in [0, 0.05) is 4.88 Å². The van der Waals surface area contributed by atoms with Gasteiger partial charge in [0.25, 0.3) is 0 Å². The monoisotopic (exact) mass is 284 g/mol. The lowest BCUT2D eigenvalue weighted by Gasteiger charge is -2.05. The van der Waals surface area contributed by atoms with E-state index in [0.717, 1.165) is 23.1 Å². The molecule has 0 amide bonds. The van der Waals surface area contributed by atoms with Gasteiger partial charge >= 0.3 is 0 Å². The second kappa shape index (κ2) is 6.34. The van der Waals surface area contributed by atoms with Crippen LogP contribution >= 0.6 is 22.9 Å². The van der Waals surface area contributed by atoms with Crippen LogP contribution in [0, 0.1) is 0 Å². The molecule has 0 saturated carbocycles. The van der Waals surface area contributed by atoms with Crippen LogP contribution in [-0.4, -0.2) is 16.6 Å². The Balaban J connectivity index is 2.21. The fourth-order valence-electron chi connectivity index (χ4n) is 1.73. The van der Waals surface area contributed by atoms with E-state index >= 15 is 0 Å². The van der Waals surface area contributed by atoms with Crippen LogP contribution in [0.4, 0.5) is 0 Å². The van der Waals surface area contributed by atoms with Crippen LogP contribution in [-0.2, 0) is 6.42 Å². The molecule has 0 bridgehead atoms. The van der Waals surface area contributed by atoms with Crippen molar-refractivity contribution in [3.05, 3.63) is 16.2 Å². The van der Waals surface area contributed by atoms with Gasteiger partial charge in [-0.05, 0) is 30.5 Å². The highest BCUT2D eigenvalue weighted by molar-refractivity contribution is 7.18. The Kier molecular flexibility index (Phi) is 4.78. The molecule has 0 radical (unpaired) electrons. The number of aryl methyl sites for hydroxylation is 1. The number of aromatic nitrogens is 2. The third-order valence-corrected chi connectivity index (χ3v) is 4.06. The second-order valence-corrected chi connectivity index (χ2v) is 5.59. The third-order valence-electron chi connectivity index (χ3n) is 2.72. The highest BCUT2D eigenvalue weighted by atomic mass is 35.5. The van der Waals surface area contributed by atoms with Gasteiger partial charge in [-0.1, -0.05) is 26.7 Å². The second-order valence-electron chi connectivity index (χ2n) is 4.14. The van der Waals surface area contributed by atoms with Crippen LogP contribution in [0.2, 0.25) is 5.28 Å². The van der Waals surface area contributed by atoms with Gasteiger partial charge in [0.15, 0.2) is 0 Å². The van der Waals surface area contributed by atoms with E-state index in [0.29, 0.717) is 12.5 Å². The molecule has 0 saturated heterocycles. The molecule has 18 heavy (non-hydrogen) atoms. The molecule has 2 aromatic rings. The summed E-state index contributed by atoms with van der Waals surface area (Å²) in [7, 11) is 0. The summed E-state index contributed by atoms with van der Waals surface area (Å²) in [5, 5.41) is 1.25. The predicted octanol–water partition coefficient (Wildman–Crippen LogP) is 4.48. The molecule has 0 aliphatic carbocycles. The molecule has 5 heteroatoms. The first kappa shape index (κ1) is 13.6. The highest BCUT2D eigenvalue weighted by Gasteiger charge is 2.11. The summed E-state index contributed by atoms with van der Waals surface area (Å²) in [6, 6.07) is 2.10. The van der Waals surface area contributed by atoms with Gasteiger partial charge in [0.05, 0.1) is 12.0 Å². The zero-order chi connectivity index (χ0) is 13.0. The number of rotatable bonds is 6. The minimum atomic E-state index is 0.262. The van der Waals surface area contributed by atoms with Gasteiger partial charge < -0.3 is 4.74 Å². The Morgan fingerprint density at radius 1 is 1.28 bits per heavy atom. The van der Waals surface area contributed by atoms with Crippen molar-refractivity contribution in [3.8, 4) is 5.88 Å². The van der Waals surface area contributed by atoms with Gasteiger partial charge in [-0.25, -0.2) is 4.98 Å². The van der Waals surface area contributed by atoms with Crippen LogP contribution < -0.4 is 4.74 Å². The summed E-state index contributed by atoms with van der Waals surface area (Å²) in [5.74, 6) is 0.622. The minimum absolute atomic E-state index is 0.262. The summed E-state index contributed by atoms with van der Waals surface area (Å²) >= 11 is 7.57. The minimum Gasteiger partial charge on any atom is -0.477 e. The zero-order valence-electron chi connectivity index (χ0n) is 10.7. The summed E-state index contributed by atoms with van der Waals surface area (Å²) in [5.41, 5.74) is 0. The standard InChI is InChI=1S/C13H17ClN2OS/c1-3-5-6-7-17-11-10-8-9(4-2)18-12(10)16-13(14)15-11/h8H,3-7H2,1-2H3. The summed E-state index contributed by atoms with van der Waals surface area (Å²) in [6.07, 6.45) is 4.39. The Morgan fingerprint density at radius 3 is 2.83 bits per heavy atom. The molecule has 2 rings (SSSR count). The lowest BCUT2D eigenvalue weighted by molar-refractivity contribution is 0.298. The molecule has 0 aromatic carbocycles. The maximum Gasteiger partial charge on any atom is 0.227 e. The van der Waals surface area contributed by atoms with Crippen LogP contribution in [0.25, 0.3) is 10.2 Å². The molecule has 0 fully saturated rings. The van der Waals surface area contributed by atoms with Crippen molar-refractivity contribution in [2.75, 3.05) is 6.61 Å². The van der Waals surface area contributed by atoms with E-state index in [1.165, 1.54) is 17.7 Å². The maximum absolute atomic E-state index is 5.92. The number of hydrogen-bond donors (Lipinski definition) is 0. The van der Waals surface area contributed by atoms with Crippen LogP contribution in [0.3, 0.4) is 0 Å². The number of thiophene rings is 1. The molecule has 0 aliphatic rings. The average molecular weight is 285 g/mol. The third kappa shape index (κ3) is 3.12. The van der Waals surface area contributed by atoms with Crippen LogP contribution in [0.5, 0.6) is 5.88 Å². The molecule has 0 atom stereocenters. The van der Waals surface area contributed by atoms with Crippen LogP contribution in [0.15, 0.2) is 6.07 Å². The molecule has 2 aromatic heterocycles. The molecule has 2 heterocycles. The van der Waals surface area contributed by atoms with Crippen molar-refractivity contribution in [1.29, 1.82) is 0 Å². The summed E-state index contributed by atoms with van der Waals surface area (Å²) in [6.45, 7) is 4.99. The van der Waals surface area contributed by atoms with Crippen molar-refractivity contribution < 1.29 is 4.74 Å². The molecule has 98 valence electrons. The number of fused-ring (bicyclic) bond motifs is 1. The summed E-state index contributed by atoms with van der Waals surface area (Å²) in [4.78, 5) is 10.6. The van der Waals surface area contributed by atoms with E-state index in [9.17, 15) is 0 Å². The summed E-state index contributed by atoms with van der Waals surface area (Å²) < 4.78 is 5.73. The number of hydrogen-bond acceptors (Lipinski definition) is 4. The Bertz CT molecular complexity index is 527. The lowest BCUT2D eigenvalue weighted by atomic mass is 10.3. The van der Waals surface area contributed by atoms with Gasteiger partial charge in [-0.15, -0.1) is 11.3 Å². The molecule has 0 aliphatic heterocycles. The number of halogens is 1. The van der Waals surface area contributed by atoms with E-state index in [1.807, 2.05) is 0 Å². The molecule has 0 unspecified atom stereocenters. The fourth-order valence-corrected chi connectivity index (χ4v) is 2.89. The Morgan fingerprint density at radius 2 is 2.11 bits per heavy atom. The van der Waals surface area contributed by atoms with Crippen molar-refractivity contribution in [3.63, 3.8) is 0 Å². The maximum atomic E-state index is 5.92. The first-order valence-corrected chi connectivity index (χ1v) is 7.52. The SMILES string of the molecule is CCCCCOc1nc(Cl)nc2sc(CC)cc12. The normalized spacial score (nSPS) is 11.1. The first-order chi connectivity index (χ1) is 8.74. The van der Waals surface area contributed by atoms with E-state index < -0.39 is 0 Å². The lowest BCUT2D eigenvalue weighted by Crippen LogP contribution is -2.00. The highest BCUT2D eigenvalue weighted by Crippen LogP contribution is 2.31. The first-order valence-electron chi connectivity index (χ1n) is 6.33. The van der Waals surface area contributed by atoms with E-state index in [4.69, 9.17) is 16.3 Å². The van der Waals surface area contributed by atoms with E-state index in [2.05, 4.69) is 29.9 Å². The molecule has 0 N–H and O–H groups in total. The number of nitrogens with zero attached hydrogens (tertiary/aromatic N) is 2. The number of unbranched alkanes of at least 4 members (excludes halogenated alkanes) is 2. The van der Waals surface area contributed by atoms with Gasteiger partial charge in [-0.3, -0.25) is 0 Å². The van der Waals surface area contributed by atoms with E-state index in [1.54, 1.807) is 11.3 Å². The zero-order valence-corrected chi connectivity index (χ0v) is 12.3. The fraction of sp³-hybridized carbons (Fsp3) is 0.538. The van der Waals surface area contributed by atoms with E-state index in [-0.39, 0.29) is 5.28 Å². The molecule has 3 nitrogen and oxygen atoms in total. The van der Waals surface area contributed by atoms with Crippen LogP contribution in [0.1, 0.15) is 38.0 Å². The molecule has 0 spiro atoms. The van der Waals surface area contributed by atoms with Crippen molar-refractivity contribution in [1.82, 2.24) is 9.97 Å². The predicted molar refractivity (Wildman–Crippen MR) is 76.8 cm³/mol.